The van der Waals surface area contributed by atoms with Crippen molar-refractivity contribution in [1.82, 2.24) is 0 Å². The Balaban J connectivity index is 1.45. The van der Waals surface area contributed by atoms with Crippen LogP contribution in [0.2, 0.25) is 0 Å². The lowest BCUT2D eigenvalue weighted by Crippen LogP contribution is -2.51. The van der Waals surface area contributed by atoms with Gasteiger partial charge in [-0.2, -0.15) is 0 Å². The molecule has 7 rings (SSSR count). The van der Waals surface area contributed by atoms with Crippen LogP contribution in [-0.2, 0) is 19.7 Å². The molecule has 5 nitrogen and oxygen atoms in total. The average Bonchev–Trinajstić information content (AvgIpc) is 3.10. The number of nitrogens with zero attached hydrogens (tertiary/aromatic N) is 1. The molecular weight excluding hydrogens is 426 g/mol. The van der Waals surface area contributed by atoms with Gasteiger partial charge in [0.05, 0.1) is 29.2 Å². The third-order valence-electron chi connectivity index (χ3n) is 7.75. The molecule has 2 amide bonds. The van der Waals surface area contributed by atoms with Crippen LogP contribution in [-0.4, -0.2) is 23.9 Å². The van der Waals surface area contributed by atoms with Crippen LogP contribution >= 0.6 is 0 Å². The SMILES string of the molecule is CC(C)OC(=O)c1ccc(N2C(=O)[C@H]3C4c5ccccc5C(C)(c5ccccc54)[C@H]3C2=O)cc1. The molecule has 34 heavy (non-hydrogen) atoms. The Hall–Kier alpha value is -3.73. The first-order valence-electron chi connectivity index (χ1n) is 11.7. The minimum atomic E-state index is -0.588. The summed E-state index contributed by atoms with van der Waals surface area (Å²) in [6, 6.07) is 23.0. The number of benzene rings is 3. The van der Waals surface area contributed by atoms with Gasteiger partial charge in [0.25, 0.3) is 0 Å². The van der Waals surface area contributed by atoms with Crippen molar-refractivity contribution < 1.29 is 19.1 Å². The zero-order valence-electron chi connectivity index (χ0n) is 19.3. The quantitative estimate of drug-likeness (QED) is 0.423. The highest BCUT2D eigenvalue weighted by molar-refractivity contribution is 6.23. The Morgan fingerprint density at radius 1 is 0.853 bits per heavy atom. The fraction of sp³-hybridized carbons (Fsp3) is 0.276. The van der Waals surface area contributed by atoms with E-state index in [0.29, 0.717) is 11.3 Å². The number of hydrogen-bond acceptors (Lipinski definition) is 4. The summed E-state index contributed by atoms with van der Waals surface area (Å²) in [4.78, 5) is 41.4. The molecular formula is C29H25NO4. The van der Waals surface area contributed by atoms with Gasteiger partial charge >= 0.3 is 5.97 Å². The first kappa shape index (κ1) is 20.8. The number of ether oxygens (including phenoxy) is 1. The predicted molar refractivity (Wildman–Crippen MR) is 128 cm³/mol. The summed E-state index contributed by atoms with van der Waals surface area (Å²) in [5, 5.41) is 0. The number of carbonyl (C=O) groups is 3. The molecule has 3 aromatic rings. The number of amides is 2. The van der Waals surface area contributed by atoms with Crippen molar-refractivity contribution in [3.05, 3.63) is 101 Å². The number of anilines is 1. The van der Waals surface area contributed by atoms with Gasteiger partial charge in [0.1, 0.15) is 0 Å². The largest absolute Gasteiger partial charge is 0.459 e. The molecule has 0 N–H and O–H groups in total. The molecule has 3 aliphatic carbocycles. The van der Waals surface area contributed by atoms with E-state index in [1.807, 2.05) is 24.3 Å². The second kappa shape index (κ2) is 7.13. The Bertz CT molecular complexity index is 1310. The molecule has 0 radical (unpaired) electrons. The molecule has 3 aromatic carbocycles. The van der Waals surface area contributed by atoms with Crippen molar-refractivity contribution in [3.63, 3.8) is 0 Å². The molecule has 2 bridgehead atoms. The highest BCUT2D eigenvalue weighted by Crippen LogP contribution is 2.64. The van der Waals surface area contributed by atoms with Crippen LogP contribution in [0.15, 0.2) is 72.8 Å². The highest BCUT2D eigenvalue weighted by Gasteiger charge is 2.66. The van der Waals surface area contributed by atoms with E-state index in [-0.39, 0.29) is 23.8 Å². The van der Waals surface area contributed by atoms with Gasteiger partial charge in [-0.1, -0.05) is 55.5 Å². The number of hydrogen-bond donors (Lipinski definition) is 0. The molecule has 1 aliphatic heterocycles. The first-order valence-corrected chi connectivity index (χ1v) is 11.7. The van der Waals surface area contributed by atoms with Crippen molar-refractivity contribution in [2.75, 3.05) is 4.90 Å². The average molecular weight is 452 g/mol. The van der Waals surface area contributed by atoms with Crippen LogP contribution in [0.5, 0.6) is 0 Å². The molecule has 1 heterocycles. The van der Waals surface area contributed by atoms with Crippen LogP contribution < -0.4 is 4.90 Å². The van der Waals surface area contributed by atoms with E-state index in [1.165, 1.54) is 4.90 Å². The summed E-state index contributed by atoms with van der Waals surface area (Å²) in [5.41, 5.74) is 4.83. The first-order chi connectivity index (χ1) is 16.3. The van der Waals surface area contributed by atoms with Crippen molar-refractivity contribution in [1.29, 1.82) is 0 Å². The van der Waals surface area contributed by atoms with Crippen molar-refractivity contribution >= 4 is 23.5 Å². The summed E-state index contributed by atoms with van der Waals surface area (Å²) >= 11 is 0. The second-order valence-electron chi connectivity index (χ2n) is 9.87. The third-order valence-corrected chi connectivity index (χ3v) is 7.75. The highest BCUT2D eigenvalue weighted by atomic mass is 16.5. The number of imide groups is 1. The Morgan fingerprint density at radius 2 is 1.41 bits per heavy atom. The van der Waals surface area contributed by atoms with E-state index < -0.39 is 23.2 Å². The lowest BCUT2D eigenvalue weighted by molar-refractivity contribution is -0.123. The minimum absolute atomic E-state index is 0.152. The maximum Gasteiger partial charge on any atom is 0.338 e. The minimum Gasteiger partial charge on any atom is -0.459 e. The maximum absolute atomic E-state index is 13.9. The molecule has 170 valence electrons. The number of rotatable bonds is 3. The lowest BCUT2D eigenvalue weighted by Gasteiger charge is -2.52. The van der Waals surface area contributed by atoms with E-state index in [0.717, 1.165) is 22.3 Å². The Kier molecular flexibility index (Phi) is 4.37. The van der Waals surface area contributed by atoms with Crippen LogP contribution in [0, 0.1) is 11.8 Å². The number of esters is 1. The van der Waals surface area contributed by atoms with Crippen LogP contribution in [0.4, 0.5) is 5.69 Å². The number of carbonyl (C=O) groups excluding carboxylic acids is 3. The van der Waals surface area contributed by atoms with E-state index in [2.05, 4.69) is 31.2 Å². The van der Waals surface area contributed by atoms with E-state index in [1.54, 1.807) is 38.1 Å². The normalized spacial score (nSPS) is 26.4. The molecule has 0 aromatic heterocycles. The molecule has 0 spiro atoms. The molecule has 2 atom stereocenters. The molecule has 1 fully saturated rings. The van der Waals surface area contributed by atoms with E-state index in [4.69, 9.17) is 4.74 Å². The predicted octanol–water partition coefficient (Wildman–Crippen LogP) is 4.82. The fourth-order valence-electron chi connectivity index (χ4n) is 6.43. The topological polar surface area (TPSA) is 63.7 Å². The smallest absolute Gasteiger partial charge is 0.338 e. The maximum atomic E-state index is 13.9. The standard InChI is InChI=1S/C29H25NO4/c1-16(2)34-28(33)17-12-14-18(15-13-17)30-26(31)24-23-19-8-4-6-10-21(19)29(3,25(24)27(30)32)22-11-7-5-9-20(22)23/h4-16,23-25H,1-3H3/t23?,24-,25+,29?/m0/s1. The zero-order chi connectivity index (χ0) is 23.8. The van der Waals surface area contributed by atoms with Gasteiger partial charge < -0.3 is 4.74 Å². The molecule has 0 saturated carbocycles. The molecule has 4 aliphatic rings. The summed E-state index contributed by atoms with van der Waals surface area (Å²) < 4.78 is 5.26. The fourth-order valence-corrected chi connectivity index (χ4v) is 6.43. The van der Waals surface area contributed by atoms with Gasteiger partial charge in [-0.15, -0.1) is 0 Å². The van der Waals surface area contributed by atoms with E-state index >= 15 is 0 Å². The lowest BCUT2D eigenvalue weighted by atomic mass is 9.48. The zero-order valence-corrected chi connectivity index (χ0v) is 19.3. The van der Waals surface area contributed by atoms with Gasteiger partial charge in [0, 0.05) is 11.3 Å². The van der Waals surface area contributed by atoms with Gasteiger partial charge in [0.15, 0.2) is 0 Å². The van der Waals surface area contributed by atoms with Gasteiger partial charge in [-0.25, -0.2) is 9.69 Å². The van der Waals surface area contributed by atoms with Crippen LogP contribution in [0.1, 0.15) is 59.3 Å². The van der Waals surface area contributed by atoms with Crippen molar-refractivity contribution in [3.8, 4) is 0 Å². The Morgan fingerprint density at radius 3 is 1.97 bits per heavy atom. The molecule has 1 saturated heterocycles. The van der Waals surface area contributed by atoms with E-state index in [9.17, 15) is 14.4 Å². The van der Waals surface area contributed by atoms with Crippen molar-refractivity contribution in [2.45, 2.75) is 38.2 Å². The second-order valence-corrected chi connectivity index (χ2v) is 9.87. The van der Waals surface area contributed by atoms with Crippen LogP contribution in [0.3, 0.4) is 0 Å². The summed E-state index contributed by atoms with van der Waals surface area (Å²) in [7, 11) is 0. The molecule has 5 heteroatoms. The summed E-state index contributed by atoms with van der Waals surface area (Å²) in [5.74, 6) is -1.85. The summed E-state index contributed by atoms with van der Waals surface area (Å²) in [6.45, 7) is 5.69. The van der Waals surface area contributed by atoms with Gasteiger partial charge in [-0.3, -0.25) is 9.59 Å². The van der Waals surface area contributed by atoms with Crippen molar-refractivity contribution in [2.24, 2.45) is 11.8 Å². The molecule has 0 unspecified atom stereocenters. The Labute approximate surface area is 198 Å². The summed E-state index contributed by atoms with van der Waals surface area (Å²) in [6.07, 6.45) is -0.225. The van der Waals surface area contributed by atoms with Gasteiger partial charge in [-0.05, 0) is 60.4 Å². The monoisotopic (exact) mass is 451 g/mol. The third kappa shape index (κ3) is 2.58. The van der Waals surface area contributed by atoms with Crippen LogP contribution in [0.25, 0.3) is 0 Å². The van der Waals surface area contributed by atoms with Gasteiger partial charge in [0.2, 0.25) is 11.8 Å².